The zero-order valence-corrected chi connectivity index (χ0v) is 16.3. The van der Waals surface area contributed by atoms with Gasteiger partial charge in [0.25, 0.3) is 5.56 Å². The zero-order valence-electron chi connectivity index (χ0n) is 15.6. The largest absolute Gasteiger partial charge is 0.306 e. The lowest BCUT2D eigenvalue weighted by atomic mass is 10.0. The molecule has 1 aliphatic rings. The third kappa shape index (κ3) is 3.82. The van der Waals surface area contributed by atoms with Crippen molar-refractivity contribution in [2.45, 2.75) is 33.4 Å². The average Bonchev–Trinajstić information content (AvgIpc) is 2.65. The summed E-state index contributed by atoms with van der Waals surface area (Å²) >= 11 is 5.97. The second-order valence-corrected chi connectivity index (χ2v) is 7.67. The molecule has 4 nitrogen and oxygen atoms in total. The summed E-state index contributed by atoms with van der Waals surface area (Å²) in [6.07, 6.45) is 0.726. The number of aromatic amines is 1. The number of rotatable bonds is 3. The molecule has 0 amide bonds. The third-order valence-corrected chi connectivity index (χ3v) is 5.42. The molecule has 2 aromatic carbocycles. The Balaban J connectivity index is 1.62. The van der Waals surface area contributed by atoms with Gasteiger partial charge in [-0.05, 0) is 55.7 Å². The van der Waals surface area contributed by atoms with Crippen molar-refractivity contribution in [3.05, 3.63) is 85.8 Å². The molecule has 1 N–H and O–H groups in total. The lowest BCUT2D eigenvalue weighted by Gasteiger charge is -2.28. The molecule has 138 valence electrons. The molecular formula is C22H22ClN3O. The number of hydrogen-bond donors (Lipinski definition) is 1. The van der Waals surface area contributed by atoms with Crippen molar-refractivity contribution < 1.29 is 0 Å². The van der Waals surface area contributed by atoms with Gasteiger partial charge in [0.1, 0.15) is 5.82 Å². The number of aryl methyl sites for hydroxylation is 2. The first-order valence-corrected chi connectivity index (χ1v) is 9.54. The highest BCUT2D eigenvalue weighted by Gasteiger charge is 2.22. The van der Waals surface area contributed by atoms with Crippen LogP contribution < -0.4 is 5.56 Å². The first kappa shape index (κ1) is 18.0. The molecule has 0 bridgehead atoms. The first-order valence-electron chi connectivity index (χ1n) is 9.16. The zero-order chi connectivity index (χ0) is 19.0. The Morgan fingerprint density at radius 2 is 1.93 bits per heavy atom. The van der Waals surface area contributed by atoms with Crippen molar-refractivity contribution in [1.29, 1.82) is 0 Å². The number of H-pyrrole nitrogens is 1. The van der Waals surface area contributed by atoms with Gasteiger partial charge in [0.15, 0.2) is 0 Å². The van der Waals surface area contributed by atoms with Gasteiger partial charge in [-0.3, -0.25) is 9.69 Å². The van der Waals surface area contributed by atoms with E-state index in [1.165, 1.54) is 16.7 Å². The van der Waals surface area contributed by atoms with Gasteiger partial charge in [-0.25, -0.2) is 4.98 Å². The number of benzene rings is 2. The molecule has 1 aromatic heterocycles. The Morgan fingerprint density at radius 1 is 1.15 bits per heavy atom. The summed E-state index contributed by atoms with van der Waals surface area (Å²) in [5, 5.41) is 0.666. The summed E-state index contributed by atoms with van der Waals surface area (Å²) in [5.74, 6) is 0.601. The van der Waals surface area contributed by atoms with Gasteiger partial charge >= 0.3 is 0 Å². The van der Waals surface area contributed by atoms with Gasteiger partial charge < -0.3 is 4.98 Å². The Kier molecular flexibility index (Phi) is 4.85. The summed E-state index contributed by atoms with van der Waals surface area (Å²) in [6, 6.07) is 13.9. The van der Waals surface area contributed by atoms with Gasteiger partial charge in [-0.15, -0.1) is 0 Å². The predicted octanol–water partition coefficient (Wildman–Crippen LogP) is 4.27. The lowest BCUT2D eigenvalue weighted by Crippen LogP contribution is -2.35. The number of nitrogens with zero attached hydrogens (tertiary/aromatic N) is 2. The Morgan fingerprint density at radius 3 is 2.70 bits per heavy atom. The smallest absolute Gasteiger partial charge is 0.254 e. The van der Waals surface area contributed by atoms with E-state index in [4.69, 9.17) is 16.6 Å². The highest BCUT2D eigenvalue weighted by atomic mass is 35.5. The van der Waals surface area contributed by atoms with Crippen LogP contribution in [0.1, 0.15) is 27.9 Å². The van der Waals surface area contributed by atoms with E-state index in [2.05, 4.69) is 41.9 Å². The van der Waals surface area contributed by atoms with Crippen molar-refractivity contribution in [1.82, 2.24) is 14.9 Å². The van der Waals surface area contributed by atoms with Gasteiger partial charge in [-0.2, -0.15) is 0 Å². The lowest BCUT2D eigenvalue weighted by molar-refractivity contribution is 0.240. The van der Waals surface area contributed by atoms with E-state index in [1.54, 1.807) is 0 Å². The van der Waals surface area contributed by atoms with Crippen molar-refractivity contribution in [2.75, 3.05) is 6.54 Å². The van der Waals surface area contributed by atoms with Crippen LogP contribution in [0.25, 0.3) is 11.4 Å². The quantitative estimate of drug-likeness (QED) is 0.739. The number of fused-ring (bicyclic) bond motifs is 1. The van der Waals surface area contributed by atoms with Crippen LogP contribution in [0, 0.1) is 13.8 Å². The van der Waals surface area contributed by atoms with Crippen molar-refractivity contribution >= 4 is 11.6 Å². The summed E-state index contributed by atoms with van der Waals surface area (Å²) in [5.41, 5.74) is 6.42. The SMILES string of the molecule is Cc1ccc(C)c(CN2CCc3c(nc(-c4ccc(Cl)cc4)[nH]c3=O)C2)c1. The Hall–Kier alpha value is -2.43. The molecule has 0 spiro atoms. The van der Waals surface area contributed by atoms with E-state index in [9.17, 15) is 4.79 Å². The van der Waals surface area contributed by atoms with Crippen molar-refractivity contribution in [3.63, 3.8) is 0 Å². The van der Waals surface area contributed by atoms with Gasteiger partial charge in [0, 0.05) is 35.8 Å². The van der Waals surface area contributed by atoms with E-state index in [-0.39, 0.29) is 5.56 Å². The third-order valence-electron chi connectivity index (χ3n) is 5.17. The maximum atomic E-state index is 12.5. The Bertz CT molecular complexity index is 1040. The van der Waals surface area contributed by atoms with E-state index < -0.39 is 0 Å². The fourth-order valence-corrected chi connectivity index (χ4v) is 3.71. The Labute approximate surface area is 163 Å². The second-order valence-electron chi connectivity index (χ2n) is 7.24. The maximum Gasteiger partial charge on any atom is 0.254 e. The molecule has 0 radical (unpaired) electrons. The van der Waals surface area contributed by atoms with Crippen LogP contribution >= 0.6 is 11.6 Å². The van der Waals surface area contributed by atoms with Crippen LogP contribution in [0.3, 0.4) is 0 Å². The molecule has 5 heteroatoms. The van der Waals surface area contributed by atoms with E-state index >= 15 is 0 Å². The van der Waals surface area contributed by atoms with Crippen LogP contribution in [0.2, 0.25) is 5.02 Å². The average molecular weight is 380 g/mol. The van der Waals surface area contributed by atoms with E-state index in [1.807, 2.05) is 24.3 Å². The van der Waals surface area contributed by atoms with Crippen LogP contribution in [-0.4, -0.2) is 21.4 Å². The van der Waals surface area contributed by atoms with Crippen molar-refractivity contribution in [2.24, 2.45) is 0 Å². The highest BCUT2D eigenvalue weighted by Crippen LogP contribution is 2.22. The van der Waals surface area contributed by atoms with Gasteiger partial charge in [0.05, 0.1) is 5.69 Å². The van der Waals surface area contributed by atoms with Crippen LogP contribution in [-0.2, 0) is 19.5 Å². The highest BCUT2D eigenvalue weighted by molar-refractivity contribution is 6.30. The normalized spacial score (nSPS) is 14.2. The minimum atomic E-state index is -0.0312. The number of halogens is 1. The number of hydrogen-bond acceptors (Lipinski definition) is 3. The second kappa shape index (κ2) is 7.29. The fourth-order valence-electron chi connectivity index (χ4n) is 3.58. The van der Waals surface area contributed by atoms with E-state index in [0.29, 0.717) is 17.4 Å². The number of aromatic nitrogens is 2. The summed E-state index contributed by atoms with van der Waals surface area (Å²) in [7, 11) is 0. The van der Waals surface area contributed by atoms with Gasteiger partial charge in [0.2, 0.25) is 0 Å². The first-order chi connectivity index (χ1) is 13.0. The predicted molar refractivity (Wildman–Crippen MR) is 109 cm³/mol. The molecule has 0 atom stereocenters. The van der Waals surface area contributed by atoms with Crippen LogP contribution in [0.5, 0.6) is 0 Å². The molecule has 1 aliphatic heterocycles. The van der Waals surface area contributed by atoms with Gasteiger partial charge in [-0.1, -0.05) is 35.4 Å². The molecule has 0 fully saturated rings. The minimum absolute atomic E-state index is 0.0312. The number of nitrogens with one attached hydrogen (secondary N) is 1. The van der Waals surface area contributed by atoms with Crippen molar-refractivity contribution in [3.8, 4) is 11.4 Å². The van der Waals surface area contributed by atoms with Crippen LogP contribution in [0.4, 0.5) is 0 Å². The molecule has 3 aromatic rings. The fraction of sp³-hybridized carbons (Fsp3) is 0.273. The molecular weight excluding hydrogens is 358 g/mol. The molecule has 0 aliphatic carbocycles. The van der Waals surface area contributed by atoms with Crippen LogP contribution in [0.15, 0.2) is 47.3 Å². The molecule has 27 heavy (non-hydrogen) atoms. The molecule has 2 heterocycles. The summed E-state index contributed by atoms with van der Waals surface area (Å²) < 4.78 is 0. The minimum Gasteiger partial charge on any atom is -0.306 e. The standard InChI is InChI=1S/C22H22ClN3O/c1-14-3-4-15(2)17(11-14)12-26-10-9-19-20(13-26)24-21(25-22(19)27)16-5-7-18(23)8-6-16/h3-8,11H,9-10,12-13H2,1-2H3,(H,24,25,27). The topological polar surface area (TPSA) is 49.0 Å². The molecule has 0 unspecified atom stereocenters. The maximum absolute atomic E-state index is 12.5. The van der Waals surface area contributed by atoms with E-state index in [0.717, 1.165) is 36.3 Å². The summed E-state index contributed by atoms with van der Waals surface area (Å²) in [4.78, 5) is 22.6. The summed E-state index contributed by atoms with van der Waals surface area (Å²) in [6.45, 7) is 6.69. The molecule has 0 saturated carbocycles. The molecule has 4 rings (SSSR count). The molecule has 0 saturated heterocycles. The monoisotopic (exact) mass is 379 g/mol.